The molecule has 6 nitrogen and oxygen atoms in total. The number of hydrogen-bond acceptors (Lipinski definition) is 5. The summed E-state index contributed by atoms with van der Waals surface area (Å²) in [7, 11) is 2.05. The minimum Gasteiger partial charge on any atom is -0.352 e. The second kappa shape index (κ2) is 5.75. The van der Waals surface area contributed by atoms with Crippen molar-refractivity contribution >= 4 is 11.7 Å². The van der Waals surface area contributed by atoms with Crippen molar-refractivity contribution in [2.24, 2.45) is 0 Å². The Balaban J connectivity index is 1.57. The highest BCUT2D eigenvalue weighted by Gasteiger charge is 2.32. The molecule has 1 aromatic heterocycles. The van der Waals surface area contributed by atoms with E-state index in [-0.39, 0.29) is 6.04 Å². The summed E-state index contributed by atoms with van der Waals surface area (Å²) >= 11 is 0. The van der Waals surface area contributed by atoms with Gasteiger partial charge in [-0.1, -0.05) is 0 Å². The second-order valence-electron chi connectivity index (χ2n) is 5.51. The van der Waals surface area contributed by atoms with E-state index in [1.54, 1.807) is 18.6 Å². The fourth-order valence-electron chi connectivity index (χ4n) is 3.04. The molecule has 3 rings (SSSR count). The molecule has 2 saturated heterocycles. The normalized spacial score (nSPS) is 24.1. The number of amides is 1. The van der Waals surface area contributed by atoms with Gasteiger partial charge in [-0.25, -0.2) is 4.98 Å². The van der Waals surface area contributed by atoms with Crippen molar-refractivity contribution in [3.63, 3.8) is 0 Å². The van der Waals surface area contributed by atoms with Gasteiger partial charge in [-0.2, -0.15) is 0 Å². The maximum Gasteiger partial charge on any atom is 0.240 e. The summed E-state index contributed by atoms with van der Waals surface area (Å²) in [6, 6.07) is 0.0954. The van der Waals surface area contributed by atoms with Crippen molar-refractivity contribution < 1.29 is 4.79 Å². The van der Waals surface area contributed by atoms with Crippen molar-refractivity contribution in [3.05, 3.63) is 18.6 Å². The molecule has 1 aromatic rings. The Labute approximate surface area is 119 Å². The number of anilines is 1. The molecular weight excluding hydrogens is 254 g/mol. The lowest BCUT2D eigenvalue weighted by molar-refractivity contribution is -0.135. The summed E-state index contributed by atoms with van der Waals surface area (Å²) < 4.78 is 0. The Kier molecular flexibility index (Phi) is 3.82. The number of carbonyl (C=O) groups excluding carboxylic acids is 1. The van der Waals surface area contributed by atoms with Crippen molar-refractivity contribution in [2.45, 2.75) is 18.9 Å². The maximum absolute atomic E-state index is 12.5. The number of piperazine rings is 1. The third-order valence-electron chi connectivity index (χ3n) is 4.27. The fourth-order valence-corrected chi connectivity index (χ4v) is 3.04. The molecule has 0 aromatic carbocycles. The van der Waals surface area contributed by atoms with Crippen LogP contribution in [0.5, 0.6) is 0 Å². The van der Waals surface area contributed by atoms with Crippen LogP contribution in [0.1, 0.15) is 12.8 Å². The number of hydrogen-bond donors (Lipinski definition) is 0. The summed E-state index contributed by atoms with van der Waals surface area (Å²) in [4.78, 5) is 27.3. The van der Waals surface area contributed by atoms with Gasteiger partial charge >= 0.3 is 0 Å². The monoisotopic (exact) mass is 275 g/mol. The van der Waals surface area contributed by atoms with Crippen LogP contribution >= 0.6 is 0 Å². The topological polar surface area (TPSA) is 52.6 Å². The summed E-state index contributed by atoms with van der Waals surface area (Å²) in [5.74, 6) is 1.20. The van der Waals surface area contributed by atoms with E-state index in [9.17, 15) is 4.79 Å². The number of aromatic nitrogens is 2. The van der Waals surface area contributed by atoms with Crippen LogP contribution in [0.3, 0.4) is 0 Å². The third-order valence-corrected chi connectivity index (χ3v) is 4.27. The quantitative estimate of drug-likeness (QED) is 0.773. The van der Waals surface area contributed by atoms with Gasteiger partial charge in [0.05, 0.1) is 12.2 Å². The van der Waals surface area contributed by atoms with Crippen molar-refractivity contribution in [1.29, 1.82) is 0 Å². The number of rotatable bonds is 2. The summed E-state index contributed by atoms with van der Waals surface area (Å²) in [5, 5.41) is 0. The zero-order valence-electron chi connectivity index (χ0n) is 11.9. The first-order valence-corrected chi connectivity index (χ1v) is 7.26. The fraction of sp³-hybridized carbons (Fsp3) is 0.643. The van der Waals surface area contributed by atoms with Crippen LogP contribution in [-0.4, -0.2) is 71.5 Å². The van der Waals surface area contributed by atoms with E-state index >= 15 is 0 Å². The smallest absolute Gasteiger partial charge is 0.240 e. The molecule has 2 aliphatic rings. The zero-order valence-corrected chi connectivity index (χ0v) is 11.9. The van der Waals surface area contributed by atoms with Gasteiger partial charge in [0.25, 0.3) is 0 Å². The predicted molar refractivity (Wildman–Crippen MR) is 76.5 cm³/mol. The van der Waals surface area contributed by atoms with Crippen LogP contribution in [0.4, 0.5) is 5.82 Å². The van der Waals surface area contributed by atoms with Gasteiger partial charge in [0.1, 0.15) is 5.82 Å². The van der Waals surface area contributed by atoms with Gasteiger partial charge in [0, 0.05) is 38.6 Å². The van der Waals surface area contributed by atoms with Crippen LogP contribution in [0.2, 0.25) is 0 Å². The number of nitrogens with zero attached hydrogens (tertiary/aromatic N) is 5. The lowest BCUT2D eigenvalue weighted by Crippen LogP contribution is -2.53. The molecule has 2 aliphatic heterocycles. The molecule has 1 atom stereocenters. The molecule has 0 bridgehead atoms. The molecule has 0 spiro atoms. The molecule has 0 aliphatic carbocycles. The van der Waals surface area contributed by atoms with Gasteiger partial charge in [-0.05, 0) is 26.4 Å². The van der Waals surface area contributed by atoms with Gasteiger partial charge in [0.2, 0.25) is 5.91 Å². The average molecular weight is 275 g/mol. The summed E-state index contributed by atoms with van der Waals surface area (Å²) in [6.45, 7) is 4.26. The summed E-state index contributed by atoms with van der Waals surface area (Å²) in [6.07, 6.45) is 7.30. The van der Waals surface area contributed by atoms with Gasteiger partial charge < -0.3 is 9.80 Å². The summed E-state index contributed by atoms with van der Waals surface area (Å²) in [5.41, 5.74) is 0. The molecule has 6 heteroatoms. The first-order valence-electron chi connectivity index (χ1n) is 7.26. The molecule has 20 heavy (non-hydrogen) atoms. The molecule has 0 saturated carbocycles. The van der Waals surface area contributed by atoms with E-state index < -0.39 is 0 Å². The Morgan fingerprint density at radius 3 is 2.60 bits per heavy atom. The Morgan fingerprint density at radius 2 is 2.00 bits per heavy atom. The number of carbonyl (C=O) groups is 1. The van der Waals surface area contributed by atoms with Crippen LogP contribution in [0.25, 0.3) is 0 Å². The van der Waals surface area contributed by atoms with E-state index in [0.29, 0.717) is 5.91 Å². The average Bonchev–Trinajstić information content (AvgIpc) is 2.94. The van der Waals surface area contributed by atoms with Crippen LogP contribution < -0.4 is 4.90 Å². The lowest BCUT2D eigenvalue weighted by atomic mass is 10.1. The standard InChI is InChI=1S/C14H21N5O/c1-17-6-2-3-12(17)14(20)19-9-7-18(8-10-19)13-11-15-4-5-16-13/h4-5,11-12H,2-3,6-10H2,1H3. The van der Waals surface area contributed by atoms with E-state index in [1.807, 2.05) is 11.9 Å². The first-order chi connectivity index (χ1) is 9.75. The van der Waals surface area contributed by atoms with Crippen molar-refractivity contribution in [3.8, 4) is 0 Å². The van der Waals surface area contributed by atoms with Gasteiger partial charge in [-0.15, -0.1) is 0 Å². The largest absolute Gasteiger partial charge is 0.352 e. The van der Waals surface area contributed by atoms with Gasteiger partial charge in [-0.3, -0.25) is 14.7 Å². The molecule has 0 N–H and O–H groups in total. The molecule has 3 heterocycles. The first kappa shape index (κ1) is 13.3. The van der Waals surface area contributed by atoms with Crippen LogP contribution in [-0.2, 0) is 4.79 Å². The molecular formula is C14H21N5O. The Bertz CT molecular complexity index is 458. The minimum absolute atomic E-state index is 0.0954. The molecule has 2 fully saturated rings. The molecule has 1 amide bonds. The SMILES string of the molecule is CN1CCCC1C(=O)N1CCN(c2cnccn2)CC1. The second-order valence-corrected chi connectivity index (χ2v) is 5.51. The van der Waals surface area contributed by atoms with Crippen LogP contribution in [0, 0.1) is 0 Å². The highest BCUT2D eigenvalue weighted by molar-refractivity contribution is 5.82. The van der Waals surface area contributed by atoms with E-state index in [4.69, 9.17) is 0 Å². The molecule has 1 unspecified atom stereocenters. The highest BCUT2D eigenvalue weighted by atomic mass is 16.2. The van der Waals surface area contributed by atoms with E-state index in [0.717, 1.165) is 51.4 Å². The van der Waals surface area contributed by atoms with E-state index in [2.05, 4.69) is 19.8 Å². The van der Waals surface area contributed by atoms with E-state index in [1.165, 1.54) is 0 Å². The van der Waals surface area contributed by atoms with Gasteiger partial charge in [0.15, 0.2) is 0 Å². The highest BCUT2D eigenvalue weighted by Crippen LogP contribution is 2.19. The minimum atomic E-state index is 0.0954. The van der Waals surface area contributed by atoms with Crippen LogP contribution in [0.15, 0.2) is 18.6 Å². The Hall–Kier alpha value is -1.69. The maximum atomic E-state index is 12.5. The van der Waals surface area contributed by atoms with Crippen molar-refractivity contribution in [2.75, 3.05) is 44.7 Å². The number of likely N-dealkylation sites (tertiary alicyclic amines) is 1. The third kappa shape index (κ3) is 2.60. The number of likely N-dealkylation sites (N-methyl/N-ethyl adjacent to an activating group) is 1. The molecule has 0 radical (unpaired) electrons. The Morgan fingerprint density at radius 1 is 1.20 bits per heavy atom. The lowest BCUT2D eigenvalue weighted by Gasteiger charge is -2.37. The zero-order chi connectivity index (χ0) is 13.9. The van der Waals surface area contributed by atoms with Crippen molar-refractivity contribution in [1.82, 2.24) is 19.8 Å². The predicted octanol–water partition coefficient (Wildman–Crippen LogP) is 0.219. The molecule has 108 valence electrons.